The third-order valence-corrected chi connectivity index (χ3v) is 3.75. The summed E-state index contributed by atoms with van der Waals surface area (Å²) >= 11 is 0. The highest BCUT2D eigenvalue weighted by Crippen LogP contribution is 2.14. The van der Waals surface area contributed by atoms with Crippen LogP contribution in [0.2, 0.25) is 0 Å². The van der Waals surface area contributed by atoms with E-state index < -0.39 is 0 Å². The highest BCUT2D eigenvalue weighted by Gasteiger charge is 2.21. The fraction of sp³-hybridized carbons (Fsp3) is 0.400. The van der Waals surface area contributed by atoms with Crippen LogP contribution in [-0.4, -0.2) is 26.7 Å². The Labute approximate surface area is 118 Å². The monoisotopic (exact) mass is 270 g/mol. The largest absolute Gasteiger partial charge is 0.348 e. The number of aromatic nitrogens is 3. The molecule has 0 aliphatic carbocycles. The average Bonchev–Trinajstić information content (AvgIpc) is 2.95. The van der Waals surface area contributed by atoms with Crippen LogP contribution >= 0.6 is 0 Å². The summed E-state index contributed by atoms with van der Waals surface area (Å²) in [6.07, 6.45) is 6.16. The number of hydrogen-bond donors (Lipinski definition) is 1. The smallest absolute Gasteiger partial charge is 0.270 e. The summed E-state index contributed by atoms with van der Waals surface area (Å²) in [4.78, 5) is 16.4. The van der Waals surface area contributed by atoms with E-state index in [0.717, 1.165) is 31.4 Å². The van der Waals surface area contributed by atoms with Gasteiger partial charge in [-0.15, -0.1) is 0 Å². The molecule has 3 heterocycles. The number of carbonyl (C=O) groups is 1. The molecule has 2 aromatic rings. The Kier molecular flexibility index (Phi) is 3.50. The fourth-order valence-electron chi connectivity index (χ4n) is 2.57. The normalized spacial score (nSPS) is 17.6. The Morgan fingerprint density at radius 2 is 2.35 bits per heavy atom. The maximum atomic E-state index is 12.2. The van der Waals surface area contributed by atoms with Crippen molar-refractivity contribution in [2.75, 3.05) is 0 Å². The van der Waals surface area contributed by atoms with Gasteiger partial charge in [0.25, 0.3) is 5.91 Å². The first-order chi connectivity index (χ1) is 9.76. The van der Waals surface area contributed by atoms with E-state index in [1.807, 2.05) is 29.1 Å². The minimum Gasteiger partial charge on any atom is -0.348 e. The zero-order valence-electron chi connectivity index (χ0n) is 11.5. The number of fused-ring (bicyclic) bond motifs is 1. The number of nitrogens with one attached hydrogen (secondary N) is 1. The second-order valence-corrected chi connectivity index (χ2v) is 5.11. The molecule has 0 saturated carbocycles. The van der Waals surface area contributed by atoms with Gasteiger partial charge in [-0.05, 0) is 36.6 Å². The van der Waals surface area contributed by atoms with Crippen LogP contribution in [0.15, 0.2) is 30.6 Å². The highest BCUT2D eigenvalue weighted by molar-refractivity contribution is 5.92. The van der Waals surface area contributed by atoms with Crippen molar-refractivity contribution in [1.29, 1.82) is 0 Å². The zero-order chi connectivity index (χ0) is 13.9. The third-order valence-electron chi connectivity index (χ3n) is 3.75. The van der Waals surface area contributed by atoms with Crippen molar-refractivity contribution in [3.63, 3.8) is 0 Å². The van der Waals surface area contributed by atoms with Crippen molar-refractivity contribution in [2.24, 2.45) is 0 Å². The van der Waals surface area contributed by atoms with Crippen LogP contribution in [0.3, 0.4) is 0 Å². The summed E-state index contributed by atoms with van der Waals surface area (Å²) in [5, 5.41) is 7.32. The zero-order valence-corrected chi connectivity index (χ0v) is 11.5. The Balaban J connectivity index is 1.67. The van der Waals surface area contributed by atoms with Gasteiger partial charge in [-0.25, -0.2) is 0 Å². The van der Waals surface area contributed by atoms with Gasteiger partial charge in [-0.1, -0.05) is 6.92 Å². The molecule has 5 nitrogen and oxygen atoms in total. The molecule has 0 aromatic carbocycles. The minimum atomic E-state index is -0.0849. The first-order valence-electron chi connectivity index (χ1n) is 7.02. The Morgan fingerprint density at radius 1 is 1.45 bits per heavy atom. The topological polar surface area (TPSA) is 59.8 Å². The van der Waals surface area contributed by atoms with Crippen molar-refractivity contribution in [3.05, 3.63) is 47.5 Å². The Bertz CT molecular complexity index is 620. The molecule has 0 saturated heterocycles. The predicted molar refractivity (Wildman–Crippen MR) is 75.4 cm³/mol. The lowest BCUT2D eigenvalue weighted by molar-refractivity contribution is 0.0925. The molecule has 2 aromatic heterocycles. The summed E-state index contributed by atoms with van der Waals surface area (Å²) in [5.41, 5.74) is 2.81. The minimum absolute atomic E-state index is 0.0849. The molecule has 1 amide bonds. The third kappa shape index (κ3) is 2.57. The van der Waals surface area contributed by atoms with Crippen molar-refractivity contribution >= 4 is 5.91 Å². The standard InChI is InChI=1S/C15H18N4O/c1-2-11-3-6-16-14(9-11)15(20)18-12-5-8-19-13(10-12)4-7-17-19/h3-4,6-7,9,12H,2,5,8,10H2,1H3,(H,18,20). The lowest BCUT2D eigenvalue weighted by Gasteiger charge is -2.24. The van der Waals surface area contributed by atoms with E-state index >= 15 is 0 Å². The summed E-state index contributed by atoms with van der Waals surface area (Å²) in [5.74, 6) is -0.0849. The van der Waals surface area contributed by atoms with Crippen molar-refractivity contribution in [3.8, 4) is 0 Å². The number of aryl methyl sites for hydroxylation is 2. The molecule has 104 valence electrons. The maximum Gasteiger partial charge on any atom is 0.270 e. The van der Waals surface area contributed by atoms with Crippen LogP contribution in [0.25, 0.3) is 0 Å². The molecule has 0 bridgehead atoms. The van der Waals surface area contributed by atoms with Gasteiger partial charge in [0, 0.05) is 37.1 Å². The van der Waals surface area contributed by atoms with Crippen LogP contribution in [-0.2, 0) is 19.4 Å². The molecule has 1 unspecified atom stereocenters. The van der Waals surface area contributed by atoms with E-state index in [4.69, 9.17) is 0 Å². The van der Waals surface area contributed by atoms with Crippen molar-refractivity contribution < 1.29 is 4.79 Å². The lowest BCUT2D eigenvalue weighted by Crippen LogP contribution is -2.40. The SMILES string of the molecule is CCc1ccnc(C(=O)NC2CCn3nccc3C2)c1. The molecule has 20 heavy (non-hydrogen) atoms. The maximum absolute atomic E-state index is 12.2. The van der Waals surface area contributed by atoms with Gasteiger partial charge in [0.2, 0.25) is 0 Å². The van der Waals surface area contributed by atoms with E-state index in [2.05, 4.69) is 22.3 Å². The fourth-order valence-corrected chi connectivity index (χ4v) is 2.57. The molecule has 3 rings (SSSR count). The molecule has 1 atom stereocenters. The van der Waals surface area contributed by atoms with E-state index in [1.165, 1.54) is 5.69 Å². The number of amides is 1. The molecule has 1 N–H and O–H groups in total. The quantitative estimate of drug-likeness (QED) is 0.921. The molecule has 0 radical (unpaired) electrons. The lowest BCUT2D eigenvalue weighted by atomic mass is 10.0. The van der Waals surface area contributed by atoms with Gasteiger partial charge in [0.15, 0.2) is 0 Å². The van der Waals surface area contributed by atoms with Gasteiger partial charge in [0.05, 0.1) is 0 Å². The van der Waals surface area contributed by atoms with Crippen LogP contribution in [0, 0.1) is 0 Å². The Morgan fingerprint density at radius 3 is 3.20 bits per heavy atom. The highest BCUT2D eigenvalue weighted by atomic mass is 16.1. The number of rotatable bonds is 3. The number of hydrogen-bond acceptors (Lipinski definition) is 3. The number of pyridine rings is 1. The summed E-state index contributed by atoms with van der Waals surface area (Å²) < 4.78 is 2.00. The van der Waals surface area contributed by atoms with Crippen LogP contribution in [0.1, 0.15) is 35.1 Å². The van der Waals surface area contributed by atoms with Gasteiger partial charge in [0.1, 0.15) is 5.69 Å². The number of carbonyl (C=O) groups excluding carboxylic acids is 1. The molecule has 0 fully saturated rings. The molecular formula is C15H18N4O. The molecule has 5 heteroatoms. The van der Waals surface area contributed by atoms with Gasteiger partial charge in [-0.3, -0.25) is 14.5 Å². The van der Waals surface area contributed by atoms with E-state index in [1.54, 1.807) is 6.20 Å². The van der Waals surface area contributed by atoms with Gasteiger partial charge >= 0.3 is 0 Å². The first kappa shape index (κ1) is 12.8. The van der Waals surface area contributed by atoms with Crippen LogP contribution in [0.4, 0.5) is 0 Å². The Hall–Kier alpha value is -2.17. The molecule has 1 aliphatic rings. The summed E-state index contributed by atoms with van der Waals surface area (Å²) in [6, 6.07) is 5.98. The molecular weight excluding hydrogens is 252 g/mol. The van der Waals surface area contributed by atoms with Crippen LogP contribution < -0.4 is 5.32 Å². The average molecular weight is 270 g/mol. The summed E-state index contributed by atoms with van der Waals surface area (Å²) in [7, 11) is 0. The second-order valence-electron chi connectivity index (χ2n) is 5.11. The molecule has 0 spiro atoms. The van der Waals surface area contributed by atoms with E-state index in [0.29, 0.717) is 5.69 Å². The summed E-state index contributed by atoms with van der Waals surface area (Å²) in [6.45, 7) is 2.93. The first-order valence-corrected chi connectivity index (χ1v) is 7.02. The van der Waals surface area contributed by atoms with Gasteiger partial charge in [-0.2, -0.15) is 5.10 Å². The van der Waals surface area contributed by atoms with Crippen molar-refractivity contribution in [2.45, 2.75) is 38.8 Å². The number of nitrogens with zero attached hydrogens (tertiary/aromatic N) is 3. The molecule has 1 aliphatic heterocycles. The van der Waals surface area contributed by atoms with Gasteiger partial charge < -0.3 is 5.32 Å². The van der Waals surface area contributed by atoms with Crippen molar-refractivity contribution in [1.82, 2.24) is 20.1 Å². The predicted octanol–water partition coefficient (Wildman–Crippen LogP) is 1.59. The van der Waals surface area contributed by atoms with E-state index in [9.17, 15) is 4.79 Å². The van der Waals surface area contributed by atoms with E-state index in [-0.39, 0.29) is 11.9 Å². The van der Waals surface area contributed by atoms with Crippen LogP contribution in [0.5, 0.6) is 0 Å². The second kappa shape index (κ2) is 5.45.